The Bertz CT molecular complexity index is 2850. The van der Waals surface area contributed by atoms with Crippen molar-refractivity contribution in [2.24, 2.45) is 17.6 Å². The molecule has 2 aliphatic carbocycles. The maximum absolute atomic E-state index is 15.7. The highest BCUT2D eigenvalue weighted by molar-refractivity contribution is 7.22. The van der Waals surface area contributed by atoms with Gasteiger partial charge in [-0.05, 0) is 78.1 Å². The molecule has 1 saturated heterocycles. The molecule has 3 N–H and O–H groups in total. The number of carbonyl (C=O) groups is 2. The summed E-state index contributed by atoms with van der Waals surface area (Å²) in [5.41, 5.74) is 1.73. The van der Waals surface area contributed by atoms with Crippen molar-refractivity contribution < 1.29 is 57.9 Å². The lowest BCUT2D eigenvalue weighted by Crippen LogP contribution is -2.46. The number of benzene rings is 3. The Kier molecular flexibility index (Phi) is 10.6. The van der Waals surface area contributed by atoms with Gasteiger partial charge in [-0.2, -0.15) is 45.2 Å². The number of primary amides is 1. The highest BCUT2D eigenvalue weighted by Gasteiger charge is 2.72. The molecule has 2 amide bonds. The van der Waals surface area contributed by atoms with E-state index in [2.05, 4.69) is 10.4 Å². The minimum absolute atomic E-state index is 0.0394. The van der Waals surface area contributed by atoms with E-state index in [1.165, 1.54) is 36.5 Å². The maximum Gasteiger partial charge on any atom is 0.435 e. The molecule has 2 fully saturated rings. The summed E-state index contributed by atoms with van der Waals surface area (Å²) < 4.78 is 158. The smallest absolute Gasteiger partial charge is 0.368 e. The van der Waals surface area contributed by atoms with E-state index < -0.39 is 112 Å². The summed E-state index contributed by atoms with van der Waals surface area (Å²) in [5, 5.41) is 6.50. The van der Waals surface area contributed by atoms with E-state index in [9.17, 15) is 49.1 Å². The number of aromatic nitrogens is 4. The first-order valence-corrected chi connectivity index (χ1v) is 20.8. The normalized spacial score (nSPS) is 19.6. The Balaban J connectivity index is 1.09. The molecule has 0 bridgehead atoms. The molecule has 3 aromatic heterocycles. The second-order valence-corrected chi connectivity index (χ2v) is 17.2. The number of rotatable bonds is 10. The van der Waals surface area contributed by atoms with E-state index in [4.69, 9.17) is 15.7 Å². The first-order valence-electron chi connectivity index (χ1n) is 20.0. The van der Waals surface area contributed by atoms with Crippen LogP contribution < -0.4 is 20.9 Å². The molecule has 10 nitrogen and oxygen atoms in total. The number of hydrogen-bond acceptors (Lipinski definition) is 8. The third-order valence-electron chi connectivity index (χ3n) is 12.1. The number of halogens is 11. The first kappa shape index (κ1) is 43.9. The molecule has 3 aromatic carbocycles. The van der Waals surface area contributed by atoms with E-state index in [1.54, 1.807) is 6.07 Å². The molecule has 340 valence electrons. The maximum atomic E-state index is 15.7. The third kappa shape index (κ3) is 8.09. The van der Waals surface area contributed by atoms with Crippen molar-refractivity contribution >= 4 is 44.3 Å². The molecular formula is C43H33F11N8O2S. The molecule has 1 aliphatic heterocycles. The number of nitrogens with zero attached hydrogens (tertiary/aromatic N) is 6. The lowest BCUT2D eigenvalue weighted by Gasteiger charge is -2.36. The van der Waals surface area contributed by atoms with Crippen LogP contribution in [-0.4, -0.2) is 57.7 Å². The molecule has 22 heteroatoms. The first-order chi connectivity index (χ1) is 30.6. The fourth-order valence-electron chi connectivity index (χ4n) is 9.04. The summed E-state index contributed by atoms with van der Waals surface area (Å²) >= 11 is 1.17. The van der Waals surface area contributed by atoms with Gasteiger partial charge in [0.05, 0.1) is 27.6 Å². The Morgan fingerprint density at radius 3 is 2.17 bits per heavy atom. The molecule has 3 aliphatic rings. The number of pyridine rings is 1. The number of nitrogens with one attached hydrogen (secondary N) is 1. The van der Waals surface area contributed by atoms with Crippen molar-refractivity contribution in [1.82, 2.24) is 25.1 Å². The van der Waals surface area contributed by atoms with Crippen LogP contribution in [0.5, 0.6) is 0 Å². The quantitative estimate of drug-likeness (QED) is 0.132. The Labute approximate surface area is 364 Å². The van der Waals surface area contributed by atoms with Crippen LogP contribution >= 0.6 is 11.3 Å². The van der Waals surface area contributed by atoms with Gasteiger partial charge < -0.3 is 20.9 Å². The van der Waals surface area contributed by atoms with E-state index in [1.807, 2.05) is 9.80 Å². The van der Waals surface area contributed by atoms with E-state index in [0.29, 0.717) is 52.4 Å². The Hall–Kier alpha value is -6.32. The van der Waals surface area contributed by atoms with Crippen molar-refractivity contribution in [3.63, 3.8) is 0 Å². The molecule has 65 heavy (non-hydrogen) atoms. The van der Waals surface area contributed by atoms with Crippen LogP contribution in [0.15, 0.2) is 66.7 Å². The minimum Gasteiger partial charge on any atom is -0.368 e. The molecule has 0 spiro atoms. The zero-order valence-electron chi connectivity index (χ0n) is 33.5. The van der Waals surface area contributed by atoms with Crippen LogP contribution in [0.4, 0.5) is 59.1 Å². The summed E-state index contributed by atoms with van der Waals surface area (Å²) in [6, 6.07) is 10.7. The molecule has 1 saturated carbocycles. The van der Waals surface area contributed by atoms with Gasteiger partial charge in [0.15, 0.2) is 16.5 Å². The summed E-state index contributed by atoms with van der Waals surface area (Å²) in [6.45, 7) is 1.81. The molecular weight excluding hydrogens is 902 g/mol. The predicted molar refractivity (Wildman–Crippen MR) is 215 cm³/mol. The number of hydrogen-bond donors (Lipinski definition) is 2. The summed E-state index contributed by atoms with van der Waals surface area (Å²) in [6.07, 6.45) is -10.1. The molecule has 4 heterocycles. The highest BCUT2D eigenvalue weighted by atomic mass is 32.1. The number of thiazole rings is 1. The van der Waals surface area contributed by atoms with Crippen molar-refractivity contribution in [3.8, 4) is 11.1 Å². The number of anilines is 2. The fraction of sp³-hybridized carbons (Fsp3) is 0.326. The summed E-state index contributed by atoms with van der Waals surface area (Å²) in [5.74, 6) is -12.3. The molecule has 9 rings (SSSR count). The summed E-state index contributed by atoms with van der Waals surface area (Å²) in [7, 11) is 0. The number of alkyl halides is 8. The van der Waals surface area contributed by atoms with Crippen LogP contribution in [0.1, 0.15) is 63.0 Å². The van der Waals surface area contributed by atoms with Gasteiger partial charge in [0.2, 0.25) is 5.91 Å². The zero-order valence-corrected chi connectivity index (χ0v) is 34.4. The van der Waals surface area contributed by atoms with Gasteiger partial charge >= 0.3 is 12.4 Å². The minimum atomic E-state index is -5.12. The number of carbonyl (C=O) groups excluding carboxylic acids is 2. The second-order valence-electron chi connectivity index (χ2n) is 16.2. The van der Waals surface area contributed by atoms with Gasteiger partial charge in [-0.25, -0.2) is 18.2 Å². The Morgan fingerprint density at radius 2 is 1.54 bits per heavy atom. The van der Waals surface area contributed by atoms with E-state index >= 15 is 8.78 Å². The Morgan fingerprint density at radius 1 is 0.877 bits per heavy atom. The monoisotopic (exact) mass is 934 g/mol. The average molecular weight is 935 g/mol. The SMILES string of the molecule is C[C@@H]1C2c3c(C(F)(F)F)nn(CC(=O)N[C@@H](Cc4cc(F)cc(F)c4)c4nc5nc(N6CCN(c7ccc(C(F)(F)F)cc7)CC6)sc5cc4-c4ccc(F)c(C(N)=O)c4)c3C(F)(F)C21. The van der Waals surface area contributed by atoms with Crippen molar-refractivity contribution in [3.05, 3.63) is 124 Å². The molecule has 6 aromatic rings. The largest absolute Gasteiger partial charge is 0.435 e. The standard InChI is InChI=1S/C43H33F11N8O2S/c1-19-32-33-36(43(52,53)54)59-62(37(33)41(47,48)34(19)32)18-31(63)56-29(14-20-12-23(44)16-24(45)13-20)35-26(21-2-7-28(46)27(15-21)38(55)64)17-30-39(57-35)58-40(65-30)61-10-8-60(9-11-61)25-5-3-22(4-6-25)42(49,50)51/h2-7,12-13,15-17,19,29,32,34H,8-11,14,18H2,1H3,(H2,55,64)(H,56,63)/t19-,29+,32?,34?/m1/s1. The van der Waals surface area contributed by atoms with Gasteiger partial charge in [-0.1, -0.05) is 24.3 Å². The summed E-state index contributed by atoms with van der Waals surface area (Å²) in [4.78, 5) is 39.6. The molecule has 4 atom stereocenters. The van der Waals surface area contributed by atoms with Crippen LogP contribution in [0.3, 0.4) is 0 Å². The van der Waals surface area contributed by atoms with Crippen LogP contribution in [0.2, 0.25) is 0 Å². The van der Waals surface area contributed by atoms with Gasteiger partial charge in [0, 0.05) is 60.9 Å². The van der Waals surface area contributed by atoms with Crippen molar-refractivity contribution in [2.45, 2.75) is 50.1 Å². The van der Waals surface area contributed by atoms with E-state index in [-0.39, 0.29) is 28.0 Å². The van der Waals surface area contributed by atoms with Crippen LogP contribution in [0, 0.1) is 29.3 Å². The van der Waals surface area contributed by atoms with E-state index in [0.717, 1.165) is 36.4 Å². The fourth-order valence-corrected chi connectivity index (χ4v) is 10.0. The lowest BCUT2D eigenvalue weighted by molar-refractivity contribution is -0.142. The number of fused-ring (bicyclic) bond motifs is 4. The van der Waals surface area contributed by atoms with Crippen molar-refractivity contribution in [1.29, 1.82) is 0 Å². The zero-order chi connectivity index (χ0) is 46.5. The van der Waals surface area contributed by atoms with Gasteiger partial charge in [0.1, 0.15) is 29.7 Å². The third-order valence-corrected chi connectivity index (χ3v) is 13.1. The van der Waals surface area contributed by atoms with Crippen LogP contribution in [-0.2, 0) is 36.0 Å². The van der Waals surface area contributed by atoms with Crippen molar-refractivity contribution in [2.75, 3.05) is 36.0 Å². The molecule has 0 radical (unpaired) electrons. The van der Waals surface area contributed by atoms with Gasteiger partial charge in [0.25, 0.3) is 11.8 Å². The lowest BCUT2D eigenvalue weighted by atomic mass is 9.94. The van der Waals surface area contributed by atoms with Gasteiger partial charge in [-0.15, -0.1) is 0 Å². The molecule has 2 unspecified atom stereocenters. The number of piperazine rings is 1. The number of nitrogens with two attached hydrogens (primary N) is 1. The van der Waals surface area contributed by atoms with Gasteiger partial charge in [-0.3, -0.25) is 14.3 Å². The second kappa shape index (κ2) is 15.7. The number of amides is 2. The van der Waals surface area contributed by atoms with Crippen LogP contribution in [0.25, 0.3) is 21.5 Å². The highest BCUT2D eigenvalue weighted by Crippen LogP contribution is 2.71. The average Bonchev–Trinajstić information content (AvgIpc) is 3.46. The predicted octanol–water partition coefficient (Wildman–Crippen LogP) is 8.99. The topological polar surface area (TPSA) is 122 Å².